The van der Waals surface area contributed by atoms with E-state index in [-0.39, 0.29) is 22.0 Å². The summed E-state index contributed by atoms with van der Waals surface area (Å²) < 4.78 is 37.3. The third-order valence-corrected chi connectivity index (χ3v) is 4.37. The molecule has 0 fully saturated rings. The zero-order chi connectivity index (χ0) is 17.0. The lowest BCUT2D eigenvalue weighted by Crippen LogP contribution is -2.14. The monoisotopic (exact) mass is 338 g/mol. The molecule has 8 nitrogen and oxygen atoms in total. The zero-order valence-electron chi connectivity index (χ0n) is 12.3. The maximum Gasteiger partial charge on any atom is 0.271 e. The van der Waals surface area contributed by atoms with E-state index in [0.29, 0.717) is 5.75 Å². The van der Waals surface area contributed by atoms with Crippen LogP contribution in [0, 0.1) is 10.1 Å². The van der Waals surface area contributed by atoms with Gasteiger partial charge in [-0.1, -0.05) is 6.07 Å². The maximum absolute atomic E-state index is 12.5. The largest absolute Gasteiger partial charge is 0.497 e. The normalized spacial score (nSPS) is 10.9. The zero-order valence-corrected chi connectivity index (χ0v) is 13.2. The van der Waals surface area contributed by atoms with Gasteiger partial charge in [0.25, 0.3) is 15.7 Å². The van der Waals surface area contributed by atoms with Gasteiger partial charge in [0, 0.05) is 18.2 Å². The molecule has 23 heavy (non-hydrogen) atoms. The molecule has 2 aromatic rings. The van der Waals surface area contributed by atoms with Crippen LogP contribution in [0.4, 0.5) is 11.4 Å². The van der Waals surface area contributed by atoms with Crippen molar-refractivity contribution in [3.8, 4) is 11.5 Å². The first-order chi connectivity index (χ1) is 10.9. The number of anilines is 1. The highest BCUT2D eigenvalue weighted by Crippen LogP contribution is 2.30. The molecule has 0 atom stereocenters. The van der Waals surface area contributed by atoms with E-state index in [0.717, 1.165) is 6.07 Å². The number of hydrogen-bond acceptors (Lipinski definition) is 6. The number of sulfonamides is 1. The first kappa shape index (κ1) is 16.6. The lowest BCUT2D eigenvalue weighted by atomic mass is 10.3. The van der Waals surface area contributed by atoms with Gasteiger partial charge in [-0.3, -0.25) is 14.8 Å². The second-order valence-corrected chi connectivity index (χ2v) is 6.08. The number of methoxy groups -OCH3 is 2. The van der Waals surface area contributed by atoms with Crippen molar-refractivity contribution in [3.63, 3.8) is 0 Å². The number of rotatable bonds is 6. The predicted octanol–water partition coefficient (Wildman–Crippen LogP) is 2.41. The topological polar surface area (TPSA) is 108 Å². The molecule has 0 aliphatic heterocycles. The standard InChI is InChI=1S/C14H14N2O6S/c1-21-12-5-3-4-10(8-12)15-23(19,20)14-9-11(16(17)18)6-7-13(14)22-2/h3-9,15H,1-2H3. The van der Waals surface area contributed by atoms with E-state index >= 15 is 0 Å². The van der Waals surface area contributed by atoms with Gasteiger partial charge in [-0.2, -0.15) is 0 Å². The summed E-state index contributed by atoms with van der Waals surface area (Å²) in [5, 5.41) is 10.9. The lowest BCUT2D eigenvalue weighted by Gasteiger charge is -2.12. The van der Waals surface area contributed by atoms with Crippen molar-refractivity contribution in [2.45, 2.75) is 4.90 Å². The van der Waals surface area contributed by atoms with Crippen LogP contribution in [0.25, 0.3) is 0 Å². The average Bonchev–Trinajstić information content (AvgIpc) is 2.53. The number of nitro groups is 1. The molecule has 122 valence electrons. The fraction of sp³-hybridized carbons (Fsp3) is 0.143. The highest BCUT2D eigenvalue weighted by Gasteiger charge is 2.23. The van der Waals surface area contributed by atoms with Crippen molar-refractivity contribution in [1.82, 2.24) is 0 Å². The molecular weight excluding hydrogens is 324 g/mol. The minimum Gasteiger partial charge on any atom is -0.497 e. The summed E-state index contributed by atoms with van der Waals surface area (Å²) in [5.41, 5.74) is -0.0882. The van der Waals surface area contributed by atoms with Crippen molar-refractivity contribution in [2.24, 2.45) is 0 Å². The molecule has 0 aliphatic rings. The third-order valence-electron chi connectivity index (χ3n) is 2.97. The average molecular weight is 338 g/mol. The molecule has 0 saturated carbocycles. The Kier molecular flexibility index (Phi) is 4.70. The molecule has 0 amide bonds. The Balaban J connectivity index is 2.45. The van der Waals surface area contributed by atoms with Crippen LogP contribution in [0.1, 0.15) is 0 Å². The van der Waals surface area contributed by atoms with Crippen molar-refractivity contribution >= 4 is 21.4 Å². The number of non-ortho nitro benzene ring substituents is 1. The maximum atomic E-state index is 12.5. The van der Waals surface area contributed by atoms with Crippen LogP contribution in [0.5, 0.6) is 11.5 Å². The van der Waals surface area contributed by atoms with Crippen LogP contribution in [-0.4, -0.2) is 27.6 Å². The Hall–Kier alpha value is -2.81. The van der Waals surface area contributed by atoms with Crippen molar-refractivity contribution in [3.05, 3.63) is 52.6 Å². The highest BCUT2D eigenvalue weighted by atomic mass is 32.2. The summed E-state index contributed by atoms with van der Waals surface area (Å²) in [6, 6.07) is 9.64. The molecule has 2 aromatic carbocycles. The minimum atomic E-state index is -4.07. The fourth-order valence-electron chi connectivity index (χ4n) is 1.89. The molecule has 0 saturated heterocycles. The van der Waals surface area contributed by atoms with Gasteiger partial charge in [-0.05, 0) is 18.2 Å². The molecular formula is C14H14N2O6S. The van der Waals surface area contributed by atoms with E-state index in [1.807, 2.05) is 0 Å². The van der Waals surface area contributed by atoms with Crippen LogP contribution in [0.3, 0.4) is 0 Å². The molecule has 0 bridgehead atoms. The van der Waals surface area contributed by atoms with Crippen LogP contribution in [0.15, 0.2) is 47.4 Å². The minimum absolute atomic E-state index is 0.00555. The highest BCUT2D eigenvalue weighted by molar-refractivity contribution is 7.92. The number of benzene rings is 2. The van der Waals surface area contributed by atoms with Gasteiger partial charge in [0.05, 0.1) is 24.8 Å². The Labute approximate surface area is 132 Å². The second-order valence-electron chi connectivity index (χ2n) is 4.43. The van der Waals surface area contributed by atoms with E-state index in [4.69, 9.17) is 9.47 Å². The van der Waals surface area contributed by atoms with Crippen LogP contribution in [0.2, 0.25) is 0 Å². The van der Waals surface area contributed by atoms with Gasteiger partial charge in [0.15, 0.2) is 0 Å². The molecule has 2 rings (SSSR count). The summed E-state index contributed by atoms with van der Waals surface area (Å²) in [7, 11) is -1.33. The summed E-state index contributed by atoms with van der Waals surface area (Å²) in [6.45, 7) is 0. The van der Waals surface area contributed by atoms with E-state index in [2.05, 4.69) is 4.72 Å². The summed E-state index contributed by atoms with van der Waals surface area (Å²) >= 11 is 0. The Morgan fingerprint density at radius 2 is 1.83 bits per heavy atom. The molecule has 9 heteroatoms. The summed E-state index contributed by atoms with van der Waals surface area (Å²) in [4.78, 5) is 9.86. The molecule has 0 heterocycles. The Morgan fingerprint density at radius 1 is 1.09 bits per heavy atom. The lowest BCUT2D eigenvalue weighted by molar-refractivity contribution is -0.385. The molecule has 1 N–H and O–H groups in total. The first-order valence-electron chi connectivity index (χ1n) is 6.36. The van der Waals surface area contributed by atoms with Crippen molar-refractivity contribution in [2.75, 3.05) is 18.9 Å². The summed E-state index contributed by atoms with van der Waals surface area (Å²) in [5.74, 6) is 0.474. The van der Waals surface area contributed by atoms with Gasteiger partial charge in [0.2, 0.25) is 0 Å². The van der Waals surface area contributed by atoms with E-state index in [1.54, 1.807) is 12.1 Å². The Bertz CT molecular complexity index is 835. The molecule has 0 radical (unpaired) electrons. The van der Waals surface area contributed by atoms with Gasteiger partial charge in [-0.25, -0.2) is 8.42 Å². The van der Waals surface area contributed by atoms with E-state index in [1.165, 1.54) is 38.5 Å². The van der Waals surface area contributed by atoms with Crippen LogP contribution in [-0.2, 0) is 10.0 Å². The summed E-state index contributed by atoms with van der Waals surface area (Å²) in [6.07, 6.45) is 0. The number of nitrogens with zero attached hydrogens (tertiary/aromatic N) is 1. The number of hydrogen-bond donors (Lipinski definition) is 1. The number of nitrogens with one attached hydrogen (secondary N) is 1. The third kappa shape index (κ3) is 3.69. The predicted molar refractivity (Wildman–Crippen MR) is 83.5 cm³/mol. The van der Waals surface area contributed by atoms with Crippen molar-refractivity contribution in [1.29, 1.82) is 0 Å². The fourth-order valence-corrected chi connectivity index (χ4v) is 3.12. The molecule has 0 unspecified atom stereocenters. The van der Waals surface area contributed by atoms with Crippen LogP contribution >= 0.6 is 0 Å². The second kappa shape index (κ2) is 6.53. The van der Waals surface area contributed by atoms with Gasteiger partial charge in [-0.15, -0.1) is 0 Å². The number of nitro benzene ring substituents is 1. The van der Waals surface area contributed by atoms with E-state index in [9.17, 15) is 18.5 Å². The van der Waals surface area contributed by atoms with Crippen molar-refractivity contribution < 1.29 is 22.8 Å². The molecule has 0 aromatic heterocycles. The van der Waals surface area contributed by atoms with Gasteiger partial charge < -0.3 is 9.47 Å². The SMILES string of the molecule is COc1cccc(NS(=O)(=O)c2cc([N+](=O)[O-])ccc2OC)c1. The molecule has 0 spiro atoms. The molecule has 0 aliphatic carbocycles. The first-order valence-corrected chi connectivity index (χ1v) is 7.85. The smallest absolute Gasteiger partial charge is 0.271 e. The van der Waals surface area contributed by atoms with Gasteiger partial charge >= 0.3 is 0 Å². The van der Waals surface area contributed by atoms with Gasteiger partial charge in [0.1, 0.15) is 16.4 Å². The Morgan fingerprint density at radius 3 is 2.43 bits per heavy atom. The van der Waals surface area contributed by atoms with Crippen LogP contribution < -0.4 is 14.2 Å². The van der Waals surface area contributed by atoms with E-state index < -0.39 is 14.9 Å². The quantitative estimate of drug-likeness (QED) is 0.640. The number of ether oxygens (including phenoxy) is 2.